The lowest BCUT2D eigenvalue weighted by Crippen LogP contribution is -2.46. The minimum atomic E-state index is 0.0994. The zero-order valence-electron chi connectivity index (χ0n) is 13.0. The molecule has 5 nitrogen and oxygen atoms in total. The quantitative estimate of drug-likeness (QED) is 0.767. The zero-order valence-corrected chi connectivity index (χ0v) is 13.0. The van der Waals surface area contributed by atoms with E-state index in [2.05, 4.69) is 19.2 Å². The monoisotopic (exact) mass is 283 g/mol. The Bertz CT molecular complexity index is 323. The number of hydrogen-bond acceptors (Lipinski definition) is 3. The summed E-state index contributed by atoms with van der Waals surface area (Å²) in [5, 5.41) is 3.08. The van der Waals surface area contributed by atoms with E-state index >= 15 is 0 Å². The van der Waals surface area contributed by atoms with Gasteiger partial charge >= 0.3 is 0 Å². The lowest BCUT2D eigenvalue weighted by Gasteiger charge is -2.32. The first-order chi connectivity index (χ1) is 9.42. The summed E-state index contributed by atoms with van der Waals surface area (Å²) in [4.78, 5) is 25.1. The van der Waals surface area contributed by atoms with E-state index in [4.69, 9.17) is 5.73 Å². The third-order valence-electron chi connectivity index (χ3n) is 3.92. The van der Waals surface area contributed by atoms with Gasteiger partial charge in [0.1, 0.15) is 0 Å². The molecule has 1 rings (SSSR count). The van der Waals surface area contributed by atoms with E-state index < -0.39 is 0 Å². The first-order valence-electron chi connectivity index (χ1n) is 7.67. The van der Waals surface area contributed by atoms with E-state index in [0.29, 0.717) is 18.9 Å². The van der Waals surface area contributed by atoms with Gasteiger partial charge in [0.05, 0.1) is 0 Å². The molecule has 0 unspecified atom stereocenters. The lowest BCUT2D eigenvalue weighted by molar-refractivity contribution is -0.130. The fraction of sp³-hybridized carbons (Fsp3) is 0.867. The summed E-state index contributed by atoms with van der Waals surface area (Å²) >= 11 is 0. The molecule has 5 heteroatoms. The first-order valence-corrected chi connectivity index (χ1v) is 7.67. The zero-order chi connectivity index (χ0) is 15.1. The van der Waals surface area contributed by atoms with E-state index in [9.17, 15) is 9.59 Å². The van der Waals surface area contributed by atoms with Crippen LogP contribution in [0.3, 0.4) is 0 Å². The molecule has 0 aromatic carbocycles. The van der Waals surface area contributed by atoms with Crippen LogP contribution in [0, 0.1) is 11.8 Å². The van der Waals surface area contributed by atoms with Gasteiger partial charge < -0.3 is 16.0 Å². The third-order valence-corrected chi connectivity index (χ3v) is 3.92. The Hall–Kier alpha value is -1.10. The van der Waals surface area contributed by atoms with Crippen LogP contribution in [0.1, 0.15) is 46.5 Å². The number of nitrogens with zero attached hydrogens (tertiary/aromatic N) is 1. The normalized spacial score (nSPS) is 18.1. The Morgan fingerprint density at radius 2 is 1.90 bits per heavy atom. The number of likely N-dealkylation sites (tertiary alicyclic amines) is 1. The van der Waals surface area contributed by atoms with Crippen molar-refractivity contribution in [1.82, 2.24) is 10.2 Å². The summed E-state index contributed by atoms with van der Waals surface area (Å²) in [6.07, 6.45) is 3.21. The molecule has 3 N–H and O–H groups in total. The molecule has 0 aliphatic carbocycles. The summed E-state index contributed by atoms with van der Waals surface area (Å²) in [7, 11) is 0. The van der Waals surface area contributed by atoms with Gasteiger partial charge in [-0.1, -0.05) is 13.8 Å². The molecule has 1 aliphatic heterocycles. The average Bonchev–Trinajstić information content (AvgIpc) is 2.37. The molecule has 1 heterocycles. The molecule has 1 atom stereocenters. The van der Waals surface area contributed by atoms with Crippen LogP contribution < -0.4 is 11.1 Å². The number of piperidine rings is 1. The number of amides is 2. The van der Waals surface area contributed by atoms with Crippen molar-refractivity contribution in [3.05, 3.63) is 0 Å². The van der Waals surface area contributed by atoms with Crippen molar-refractivity contribution in [3.63, 3.8) is 0 Å². The van der Waals surface area contributed by atoms with Crippen LogP contribution in [-0.2, 0) is 9.59 Å². The molecule has 0 aromatic rings. The molecule has 1 saturated heterocycles. The molecule has 0 saturated carbocycles. The predicted octanol–water partition coefficient (Wildman–Crippen LogP) is 1.12. The highest BCUT2D eigenvalue weighted by molar-refractivity contribution is 5.76. The van der Waals surface area contributed by atoms with Crippen LogP contribution in [0.4, 0.5) is 0 Å². The Kier molecular flexibility index (Phi) is 6.99. The van der Waals surface area contributed by atoms with Gasteiger partial charge in [-0.3, -0.25) is 9.59 Å². The highest BCUT2D eigenvalue weighted by Crippen LogP contribution is 2.15. The van der Waals surface area contributed by atoms with E-state index in [0.717, 1.165) is 32.4 Å². The summed E-state index contributed by atoms with van der Waals surface area (Å²) in [6, 6.07) is 0.204. The fourth-order valence-corrected chi connectivity index (χ4v) is 2.82. The number of rotatable bonds is 6. The number of nitrogens with two attached hydrogens (primary N) is 1. The second kappa shape index (κ2) is 8.25. The number of carbonyl (C=O) groups is 2. The van der Waals surface area contributed by atoms with Crippen molar-refractivity contribution >= 4 is 11.8 Å². The smallest absolute Gasteiger partial charge is 0.220 e. The van der Waals surface area contributed by atoms with Gasteiger partial charge in [0.15, 0.2) is 0 Å². The minimum absolute atomic E-state index is 0.0994. The molecule has 1 fully saturated rings. The van der Waals surface area contributed by atoms with Crippen molar-refractivity contribution in [3.8, 4) is 0 Å². The number of nitrogens with one attached hydrogen (secondary N) is 1. The molecule has 20 heavy (non-hydrogen) atoms. The largest absolute Gasteiger partial charge is 0.353 e. The fourth-order valence-electron chi connectivity index (χ4n) is 2.82. The highest BCUT2D eigenvalue weighted by atomic mass is 16.2. The average molecular weight is 283 g/mol. The maximum Gasteiger partial charge on any atom is 0.220 e. The Labute approximate surface area is 122 Å². The SMILES string of the molecule is CC(=O)N1CCC(NC(=O)C[C@@H](CN)CC(C)C)CC1. The van der Waals surface area contributed by atoms with Crippen LogP contribution in [-0.4, -0.2) is 42.4 Å². The van der Waals surface area contributed by atoms with Crippen molar-refractivity contribution < 1.29 is 9.59 Å². The Morgan fingerprint density at radius 3 is 2.35 bits per heavy atom. The van der Waals surface area contributed by atoms with Gasteiger partial charge in [-0.25, -0.2) is 0 Å². The van der Waals surface area contributed by atoms with Gasteiger partial charge in [-0.2, -0.15) is 0 Å². The predicted molar refractivity (Wildman–Crippen MR) is 80.0 cm³/mol. The molecule has 116 valence electrons. The van der Waals surface area contributed by atoms with Gasteiger partial charge in [0, 0.05) is 32.5 Å². The summed E-state index contributed by atoms with van der Waals surface area (Å²) < 4.78 is 0. The second-order valence-corrected chi connectivity index (χ2v) is 6.28. The maximum absolute atomic E-state index is 12.0. The Balaban J connectivity index is 2.30. The van der Waals surface area contributed by atoms with Gasteiger partial charge in [0.25, 0.3) is 0 Å². The van der Waals surface area contributed by atoms with Gasteiger partial charge in [-0.05, 0) is 37.6 Å². The standard InChI is InChI=1S/C15H29N3O2/c1-11(2)8-13(10-16)9-15(20)17-14-4-6-18(7-5-14)12(3)19/h11,13-14H,4-10,16H2,1-3H3,(H,17,20)/t13-/m0/s1. The van der Waals surface area contributed by atoms with Gasteiger partial charge in [-0.15, -0.1) is 0 Å². The highest BCUT2D eigenvalue weighted by Gasteiger charge is 2.23. The molecule has 1 aliphatic rings. The summed E-state index contributed by atoms with van der Waals surface area (Å²) in [6.45, 7) is 7.94. The summed E-state index contributed by atoms with van der Waals surface area (Å²) in [5.74, 6) is 1.06. The second-order valence-electron chi connectivity index (χ2n) is 6.28. The van der Waals surface area contributed by atoms with Crippen LogP contribution in [0.2, 0.25) is 0 Å². The van der Waals surface area contributed by atoms with Gasteiger partial charge in [0.2, 0.25) is 11.8 Å². The first kappa shape index (κ1) is 17.0. The van der Waals surface area contributed by atoms with Crippen molar-refractivity contribution in [1.29, 1.82) is 0 Å². The van der Waals surface area contributed by atoms with Crippen molar-refractivity contribution in [2.24, 2.45) is 17.6 Å². The Morgan fingerprint density at radius 1 is 1.30 bits per heavy atom. The van der Waals surface area contributed by atoms with Crippen LogP contribution in [0.15, 0.2) is 0 Å². The maximum atomic E-state index is 12.0. The van der Waals surface area contributed by atoms with E-state index in [1.54, 1.807) is 6.92 Å². The number of carbonyl (C=O) groups excluding carboxylic acids is 2. The van der Waals surface area contributed by atoms with E-state index in [1.165, 1.54) is 0 Å². The van der Waals surface area contributed by atoms with Crippen LogP contribution >= 0.6 is 0 Å². The topological polar surface area (TPSA) is 75.4 Å². The molecular weight excluding hydrogens is 254 g/mol. The van der Waals surface area contributed by atoms with Crippen LogP contribution in [0.25, 0.3) is 0 Å². The van der Waals surface area contributed by atoms with E-state index in [-0.39, 0.29) is 23.8 Å². The molecule has 0 radical (unpaired) electrons. The van der Waals surface area contributed by atoms with Crippen molar-refractivity contribution in [2.75, 3.05) is 19.6 Å². The van der Waals surface area contributed by atoms with Crippen LogP contribution in [0.5, 0.6) is 0 Å². The number of hydrogen-bond donors (Lipinski definition) is 2. The molecular formula is C15H29N3O2. The molecule has 0 bridgehead atoms. The minimum Gasteiger partial charge on any atom is -0.353 e. The summed E-state index contributed by atoms with van der Waals surface area (Å²) in [5.41, 5.74) is 5.73. The molecule has 0 spiro atoms. The molecule has 2 amide bonds. The third kappa shape index (κ3) is 5.90. The lowest BCUT2D eigenvalue weighted by atomic mass is 9.93. The van der Waals surface area contributed by atoms with Crippen molar-refractivity contribution in [2.45, 2.75) is 52.5 Å². The molecule has 0 aromatic heterocycles. The van der Waals surface area contributed by atoms with E-state index in [1.807, 2.05) is 4.90 Å².